The minimum atomic E-state index is -10.5. The molecule has 0 heterocycles. The van der Waals surface area contributed by atoms with Crippen molar-refractivity contribution in [1.82, 2.24) is 0 Å². The van der Waals surface area contributed by atoms with Crippen molar-refractivity contribution in [1.29, 1.82) is 0 Å². The zero-order valence-electron chi connectivity index (χ0n) is 14.4. The van der Waals surface area contributed by atoms with E-state index in [0.29, 0.717) is 6.26 Å². The molecule has 0 saturated carbocycles. The van der Waals surface area contributed by atoms with Gasteiger partial charge < -0.3 is 10.2 Å². The van der Waals surface area contributed by atoms with Crippen LogP contribution in [0.1, 0.15) is 5.56 Å². The van der Waals surface area contributed by atoms with Crippen molar-refractivity contribution in [3.63, 3.8) is 0 Å². The molecule has 2 aromatic carbocycles. The first-order valence-electron chi connectivity index (χ1n) is 7.24. The smallest absolute Gasteiger partial charge is 0.310 e. The summed E-state index contributed by atoms with van der Waals surface area (Å²) in [7, 11) is -19.9. The van der Waals surface area contributed by atoms with Crippen LogP contribution in [0.3, 0.4) is 0 Å². The number of hydrogen-bond acceptors (Lipinski definition) is 6. The molecule has 0 saturated heterocycles. The number of sulfone groups is 2. The van der Waals surface area contributed by atoms with E-state index in [0.717, 1.165) is 12.1 Å². The quantitative estimate of drug-likeness (QED) is 0.449. The minimum absolute atomic E-state index is 0.0469. The Balaban J connectivity index is 2.83. The van der Waals surface area contributed by atoms with Crippen LogP contribution in [0, 0.1) is 0 Å². The van der Waals surface area contributed by atoms with Crippen LogP contribution in [0.15, 0.2) is 43.4 Å². The number of phenolic OH excluding ortho intramolecular Hbond substituents is 2. The lowest BCUT2D eigenvalue weighted by Gasteiger charge is -2.41. The molecule has 170 valence electrons. The fraction of sp³-hybridized carbons (Fsp3) is 0.143. The van der Waals surface area contributed by atoms with Gasteiger partial charge in [-0.3, -0.25) is 0 Å². The van der Waals surface area contributed by atoms with Crippen molar-refractivity contribution in [2.75, 3.05) is 6.26 Å². The van der Waals surface area contributed by atoms with E-state index in [4.69, 9.17) is 11.6 Å². The third-order valence-corrected chi connectivity index (χ3v) is 8.30. The van der Waals surface area contributed by atoms with Gasteiger partial charge in [-0.25, -0.2) is 16.8 Å². The second-order valence-electron chi connectivity index (χ2n) is 6.16. The molecule has 0 radical (unpaired) electrons. The fourth-order valence-electron chi connectivity index (χ4n) is 2.31. The molecule has 0 aliphatic heterocycles. The molecule has 0 aliphatic rings. The summed E-state index contributed by atoms with van der Waals surface area (Å²) in [6, 6.07) is 1.12. The van der Waals surface area contributed by atoms with Gasteiger partial charge in [0.2, 0.25) is 0 Å². The van der Waals surface area contributed by atoms with Crippen molar-refractivity contribution in [3.8, 4) is 11.5 Å². The van der Waals surface area contributed by atoms with Crippen LogP contribution < -0.4 is 0 Å². The minimum Gasteiger partial charge on any atom is -0.506 e. The summed E-state index contributed by atoms with van der Waals surface area (Å²) in [5.41, 5.74) is -1.27. The van der Waals surface area contributed by atoms with Gasteiger partial charge in [0.25, 0.3) is 0 Å². The molecule has 16 heteroatoms. The zero-order valence-corrected chi connectivity index (χ0v) is 19.2. The zero-order chi connectivity index (χ0) is 23.6. The molecule has 6 nitrogen and oxygen atoms in total. The highest BCUT2D eigenvalue weighted by Crippen LogP contribution is 3.02. The monoisotopic (exact) mass is 580 g/mol. The maximum Gasteiger partial charge on any atom is 0.310 e. The van der Waals surface area contributed by atoms with Crippen LogP contribution in [0.5, 0.6) is 11.5 Å². The Morgan fingerprint density at radius 1 is 0.933 bits per heavy atom. The van der Waals surface area contributed by atoms with Crippen LogP contribution >= 0.6 is 37.8 Å². The van der Waals surface area contributed by atoms with E-state index in [1.807, 2.05) is 0 Å². The van der Waals surface area contributed by atoms with Gasteiger partial charge in [0.15, 0.2) is 25.4 Å². The number of phenols is 2. The summed E-state index contributed by atoms with van der Waals surface area (Å²) in [6.45, 7) is 0. The van der Waals surface area contributed by atoms with Gasteiger partial charge in [-0.1, -0.05) is 47.0 Å². The molecule has 0 bridgehead atoms. The Hall–Kier alpha value is -1.29. The van der Waals surface area contributed by atoms with Gasteiger partial charge in [-0.05, 0) is 24.3 Å². The molecular formula is C14H11BrClF5O6S3. The molecule has 0 aromatic heterocycles. The van der Waals surface area contributed by atoms with Gasteiger partial charge in [-0.15, -0.1) is 0 Å². The van der Waals surface area contributed by atoms with Gasteiger partial charge in [-0.2, -0.15) is 0 Å². The molecule has 0 unspecified atom stereocenters. The molecule has 2 rings (SSSR count). The predicted molar refractivity (Wildman–Crippen MR) is 104 cm³/mol. The van der Waals surface area contributed by atoms with E-state index >= 15 is 0 Å². The highest BCUT2D eigenvalue weighted by molar-refractivity contribution is 9.10. The average Bonchev–Trinajstić information content (AvgIpc) is 2.48. The Kier molecular flexibility index (Phi) is 5.50. The van der Waals surface area contributed by atoms with Gasteiger partial charge in [0, 0.05) is 16.3 Å². The predicted octanol–water partition coefficient (Wildman–Crippen LogP) is 5.55. The van der Waals surface area contributed by atoms with E-state index in [1.54, 1.807) is 0 Å². The number of halogens is 7. The molecular weight excluding hydrogens is 571 g/mol. The summed E-state index contributed by atoms with van der Waals surface area (Å²) < 4.78 is 115. The molecule has 0 aliphatic carbocycles. The Bertz CT molecular complexity index is 1280. The molecule has 0 atom stereocenters. The normalized spacial score (nSPS) is 15.5. The van der Waals surface area contributed by atoms with Crippen molar-refractivity contribution >= 4 is 57.4 Å². The number of benzene rings is 2. The van der Waals surface area contributed by atoms with E-state index < -0.39 is 78.5 Å². The first kappa shape index (κ1) is 25.0. The summed E-state index contributed by atoms with van der Waals surface area (Å²) in [5.74, 6) is -3.98. The first-order chi connectivity index (χ1) is 13.0. The summed E-state index contributed by atoms with van der Waals surface area (Å²) >= 11 is 8.55. The summed E-state index contributed by atoms with van der Waals surface area (Å²) in [6.07, 6.45) is 0.343. The molecule has 0 fully saturated rings. The van der Waals surface area contributed by atoms with Crippen LogP contribution in [-0.2, 0) is 25.4 Å². The van der Waals surface area contributed by atoms with E-state index in [1.165, 1.54) is 0 Å². The molecule has 0 amide bonds. The maximum atomic E-state index is 13.3. The molecule has 30 heavy (non-hydrogen) atoms. The van der Waals surface area contributed by atoms with E-state index in [2.05, 4.69) is 15.9 Å². The van der Waals surface area contributed by atoms with Crippen molar-refractivity contribution in [3.05, 3.63) is 39.3 Å². The lowest BCUT2D eigenvalue weighted by molar-refractivity contribution is 0.362. The Morgan fingerprint density at radius 2 is 1.47 bits per heavy atom. The number of rotatable bonds is 5. The summed E-state index contributed by atoms with van der Waals surface area (Å²) in [4.78, 5) is -5.12. The first-order valence-corrected chi connectivity index (χ1v) is 13.9. The van der Waals surface area contributed by atoms with Gasteiger partial charge in [0.1, 0.15) is 20.4 Å². The largest absolute Gasteiger partial charge is 0.506 e. The Labute approximate surface area is 181 Å². The van der Waals surface area contributed by atoms with Gasteiger partial charge in [0.05, 0.1) is 10.8 Å². The van der Waals surface area contributed by atoms with Crippen LogP contribution in [0.4, 0.5) is 19.4 Å². The SMILES string of the molecule is CS(=O)(=O)c1cc(S(F)(F)(F)(F)F)cc(CS(=O)(=O)c2cc(Br)cc(Cl)c2O)c1O. The topological polar surface area (TPSA) is 109 Å². The second-order valence-corrected chi connectivity index (χ2v) is 13.8. The molecule has 0 spiro atoms. The lowest BCUT2D eigenvalue weighted by atomic mass is 10.2. The lowest BCUT2D eigenvalue weighted by Crippen LogP contribution is -2.12. The van der Waals surface area contributed by atoms with Crippen LogP contribution in [0.25, 0.3) is 0 Å². The number of hydrogen-bond donors (Lipinski definition) is 2. The maximum absolute atomic E-state index is 13.3. The van der Waals surface area contributed by atoms with Crippen molar-refractivity contribution < 1.29 is 46.5 Å². The average molecular weight is 582 g/mol. The standard InChI is InChI=1S/C14H11BrClF5O6S3/c1-28(24,25)11-5-9(30(17,18,19,20)21)2-7(13(11)22)6-29(26,27)12-4-8(15)3-10(16)14(12)23/h2-5,22-23H,6H2,1H3. The van der Waals surface area contributed by atoms with Crippen molar-refractivity contribution in [2.45, 2.75) is 20.4 Å². The van der Waals surface area contributed by atoms with Crippen molar-refractivity contribution in [2.24, 2.45) is 0 Å². The second kappa shape index (κ2) is 6.60. The third kappa shape index (κ3) is 5.30. The van der Waals surface area contributed by atoms with Gasteiger partial charge >= 0.3 is 10.2 Å². The molecule has 2 N–H and O–H groups in total. The van der Waals surface area contributed by atoms with Crippen LogP contribution in [-0.4, -0.2) is 33.3 Å². The van der Waals surface area contributed by atoms with E-state index in [-0.39, 0.29) is 10.5 Å². The fourth-order valence-corrected chi connectivity index (χ4v) is 6.43. The van der Waals surface area contributed by atoms with Crippen LogP contribution in [0.2, 0.25) is 5.02 Å². The number of aromatic hydroxyl groups is 2. The third-order valence-electron chi connectivity index (χ3n) is 3.65. The van der Waals surface area contributed by atoms with E-state index in [9.17, 15) is 46.5 Å². The Morgan fingerprint density at radius 3 is 1.93 bits per heavy atom. The molecule has 2 aromatic rings. The highest BCUT2D eigenvalue weighted by atomic mass is 79.9. The summed E-state index contributed by atoms with van der Waals surface area (Å²) in [5, 5.41) is 19.4. The highest BCUT2D eigenvalue weighted by Gasteiger charge is 2.66.